The average molecular weight is 380 g/mol. The van der Waals surface area contributed by atoms with Crippen molar-refractivity contribution in [1.82, 2.24) is 0 Å². The fourth-order valence-corrected chi connectivity index (χ4v) is 3.52. The molecule has 6 heteroatoms. The van der Waals surface area contributed by atoms with Crippen LogP contribution in [0.1, 0.15) is 15.9 Å². The first-order chi connectivity index (χ1) is 13.0. The molecule has 0 aliphatic rings. The summed E-state index contributed by atoms with van der Waals surface area (Å²) in [5, 5.41) is 0. The van der Waals surface area contributed by atoms with Gasteiger partial charge in [0.05, 0.1) is 10.3 Å². The summed E-state index contributed by atoms with van der Waals surface area (Å²) in [5.74, 6) is -0.590. The predicted molar refractivity (Wildman–Crippen MR) is 102 cm³/mol. The van der Waals surface area contributed by atoms with Crippen molar-refractivity contribution in [3.05, 3.63) is 87.3 Å². The Morgan fingerprint density at radius 2 is 1.85 bits per heavy atom. The maximum atomic E-state index is 13.3. The number of benzene rings is 3. The number of halogens is 1. The van der Waals surface area contributed by atoms with E-state index < -0.39 is 10.9 Å². The molecule has 0 amide bonds. The van der Waals surface area contributed by atoms with Gasteiger partial charge in [-0.25, -0.2) is 14.0 Å². The molecule has 0 aliphatic heterocycles. The summed E-state index contributed by atoms with van der Waals surface area (Å²) in [6.45, 7) is 1.89. The molecule has 0 atom stereocenters. The van der Waals surface area contributed by atoms with Crippen molar-refractivity contribution in [1.29, 1.82) is 0 Å². The number of ether oxygens (including phenoxy) is 1. The van der Waals surface area contributed by atoms with Gasteiger partial charge < -0.3 is 9.15 Å². The van der Waals surface area contributed by atoms with Crippen molar-refractivity contribution in [3.63, 3.8) is 0 Å². The van der Waals surface area contributed by atoms with Crippen molar-refractivity contribution in [2.75, 3.05) is 0 Å². The SMILES string of the molecule is Cc1cccc(C(=O)Oc2cc(-c3ccc(F)cc3)c3oc(=O)sc3c2)c1. The third kappa shape index (κ3) is 3.52. The van der Waals surface area contributed by atoms with Crippen LogP contribution in [0.25, 0.3) is 21.4 Å². The topological polar surface area (TPSA) is 56.5 Å². The van der Waals surface area contributed by atoms with Crippen molar-refractivity contribution < 1.29 is 18.3 Å². The molecule has 0 spiro atoms. The molecule has 1 heterocycles. The van der Waals surface area contributed by atoms with Crippen LogP contribution in [0.5, 0.6) is 5.75 Å². The Kier molecular flexibility index (Phi) is 4.33. The highest BCUT2D eigenvalue weighted by Gasteiger charge is 2.16. The van der Waals surface area contributed by atoms with E-state index in [4.69, 9.17) is 9.15 Å². The summed E-state index contributed by atoms with van der Waals surface area (Å²) in [6.07, 6.45) is 0. The average Bonchev–Trinajstić information content (AvgIpc) is 3.02. The summed E-state index contributed by atoms with van der Waals surface area (Å²) in [4.78, 5) is 23.7. The highest BCUT2D eigenvalue weighted by atomic mass is 32.1. The van der Waals surface area contributed by atoms with Gasteiger partial charge in [-0.2, -0.15) is 0 Å². The number of carbonyl (C=O) groups is 1. The Morgan fingerprint density at radius 3 is 2.59 bits per heavy atom. The Balaban J connectivity index is 1.78. The highest BCUT2D eigenvalue weighted by molar-refractivity contribution is 7.16. The lowest BCUT2D eigenvalue weighted by molar-refractivity contribution is 0.0735. The molecule has 0 radical (unpaired) electrons. The van der Waals surface area contributed by atoms with E-state index in [0.717, 1.165) is 16.9 Å². The number of hydrogen-bond acceptors (Lipinski definition) is 5. The van der Waals surface area contributed by atoms with Crippen molar-refractivity contribution in [2.45, 2.75) is 6.92 Å². The van der Waals surface area contributed by atoms with Crippen LogP contribution < -0.4 is 9.68 Å². The number of esters is 1. The Labute approximate surface area is 157 Å². The third-order valence-electron chi connectivity index (χ3n) is 4.03. The van der Waals surface area contributed by atoms with Crippen LogP contribution in [0.3, 0.4) is 0 Å². The van der Waals surface area contributed by atoms with Gasteiger partial charge in [0.1, 0.15) is 11.6 Å². The first-order valence-electron chi connectivity index (χ1n) is 8.12. The van der Waals surface area contributed by atoms with Crippen molar-refractivity contribution in [3.8, 4) is 16.9 Å². The Hall–Kier alpha value is -3.25. The molecule has 0 fully saturated rings. The second kappa shape index (κ2) is 6.81. The summed E-state index contributed by atoms with van der Waals surface area (Å²) >= 11 is 0.916. The van der Waals surface area contributed by atoms with Gasteiger partial charge in [-0.15, -0.1) is 0 Å². The molecule has 27 heavy (non-hydrogen) atoms. The zero-order chi connectivity index (χ0) is 19.0. The second-order valence-electron chi connectivity index (χ2n) is 6.02. The van der Waals surface area contributed by atoms with E-state index in [2.05, 4.69) is 0 Å². The summed E-state index contributed by atoms with van der Waals surface area (Å²) in [7, 11) is 0. The molecule has 0 saturated carbocycles. The van der Waals surface area contributed by atoms with Crippen molar-refractivity contribution in [2.24, 2.45) is 0 Å². The minimum Gasteiger partial charge on any atom is -0.423 e. The van der Waals surface area contributed by atoms with E-state index in [0.29, 0.717) is 27.0 Å². The maximum Gasteiger partial charge on any atom is 0.396 e. The quantitative estimate of drug-likeness (QED) is 0.363. The number of fused-ring (bicyclic) bond motifs is 1. The molecule has 134 valence electrons. The van der Waals surface area contributed by atoms with Gasteiger partial charge in [0, 0.05) is 11.6 Å². The largest absolute Gasteiger partial charge is 0.423 e. The van der Waals surface area contributed by atoms with E-state index in [1.165, 1.54) is 12.1 Å². The molecule has 0 unspecified atom stereocenters. The molecule has 0 saturated heterocycles. The molecule has 4 nitrogen and oxygen atoms in total. The molecule has 4 rings (SSSR count). The van der Waals surface area contributed by atoms with Crippen LogP contribution in [-0.4, -0.2) is 5.97 Å². The van der Waals surface area contributed by atoms with Gasteiger partial charge in [-0.1, -0.05) is 41.2 Å². The molecular formula is C21H13FO4S. The zero-order valence-electron chi connectivity index (χ0n) is 14.2. The molecular weight excluding hydrogens is 367 g/mol. The summed E-state index contributed by atoms with van der Waals surface area (Å²) in [5.41, 5.74) is 2.96. The lowest BCUT2D eigenvalue weighted by Crippen LogP contribution is -2.08. The van der Waals surface area contributed by atoms with Crippen LogP contribution >= 0.6 is 11.3 Å². The Bertz CT molecular complexity index is 1210. The van der Waals surface area contributed by atoms with Gasteiger partial charge in [0.15, 0.2) is 5.58 Å². The minimum atomic E-state index is -0.501. The standard InChI is InChI=1S/C21H13FO4S/c1-12-3-2-4-14(9-12)20(23)25-16-10-17(13-5-7-15(22)8-6-13)19-18(11-16)27-21(24)26-19/h2-11H,1H3. The smallest absolute Gasteiger partial charge is 0.396 e. The molecule has 1 aromatic heterocycles. The fourth-order valence-electron chi connectivity index (χ4n) is 2.79. The normalized spacial score (nSPS) is 10.9. The molecule has 0 bridgehead atoms. The van der Waals surface area contributed by atoms with Gasteiger partial charge >= 0.3 is 10.9 Å². The summed E-state index contributed by atoms with van der Waals surface area (Å²) < 4.78 is 24.6. The van der Waals surface area contributed by atoms with E-state index in [9.17, 15) is 14.0 Å². The fraction of sp³-hybridized carbons (Fsp3) is 0.0476. The van der Waals surface area contributed by atoms with Gasteiger partial charge in [-0.05, 0) is 42.8 Å². The molecule has 0 N–H and O–H groups in total. The zero-order valence-corrected chi connectivity index (χ0v) is 15.0. The minimum absolute atomic E-state index is 0.283. The monoisotopic (exact) mass is 380 g/mol. The van der Waals surface area contributed by atoms with E-state index >= 15 is 0 Å². The van der Waals surface area contributed by atoms with Crippen LogP contribution in [0, 0.1) is 12.7 Å². The first-order valence-corrected chi connectivity index (χ1v) is 8.94. The van der Waals surface area contributed by atoms with Crippen LogP contribution in [0.2, 0.25) is 0 Å². The Morgan fingerprint density at radius 1 is 1.07 bits per heavy atom. The second-order valence-corrected chi connectivity index (χ2v) is 7.00. The number of carbonyl (C=O) groups excluding carboxylic acids is 1. The van der Waals surface area contributed by atoms with E-state index in [1.807, 2.05) is 13.0 Å². The predicted octanol–water partition coefficient (Wildman–Crippen LogP) is 5.19. The number of hydrogen-bond donors (Lipinski definition) is 0. The number of aryl methyl sites for hydroxylation is 1. The lowest BCUT2D eigenvalue weighted by atomic mass is 10.0. The molecule has 3 aromatic carbocycles. The lowest BCUT2D eigenvalue weighted by Gasteiger charge is -2.08. The van der Waals surface area contributed by atoms with Gasteiger partial charge in [-0.3, -0.25) is 0 Å². The van der Waals surface area contributed by atoms with E-state index in [1.54, 1.807) is 42.5 Å². The summed E-state index contributed by atoms with van der Waals surface area (Å²) in [6, 6.07) is 16.1. The molecule has 0 aliphatic carbocycles. The van der Waals surface area contributed by atoms with E-state index in [-0.39, 0.29) is 11.6 Å². The van der Waals surface area contributed by atoms with Gasteiger partial charge in [0.2, 0.25) is 0 Å². The van der Waals surface area contributed by atoms with Crippen LogP contribution in [0.15, 0.2) is 69.9 Å². The first kappa shape index (κ1) is 17.2. The van der Waals surface area contributed by atoms with Crippen molar-refractivity contribution >= 4 is 27.6 Å². The number of rotatable bonds is 3. The molecule has 4 aromatic rings. The van der Waals surface area contributed by atoms with Crippen LogP contribution in [-0.2, 0) is 0 Å². The van der Waals surface area contributed by atoms with Gasteiger partial charge in [0.25, 0.3) is 0 Å². The highest BCUT2D eigenvalue weighted by Crippen LogP contribution is 2.34. The third-order valence-corrected chi connectivity index (χ3v) is 4.80. The maximum absolute atomic E-state index is 13.3. The van der Waals surface area contributed by atoms with Crippen LogP contribution in [0.4, 0.5) is 4.39 Å².